The second-order valence-corrected chi connectivity index (χ2v) is 4.12. The molecule has 0 aromatic carbocycles. The zero-order valence-electron chi connectivity index (χ0n) is 8.76. The minimum atomic E-state index is 0.281. The van der Waals surface area contributed by atoms with Crippen LogP contribution < -0.4 is 5.32 Å². The number of ketones is 1. The minimum absolute atomic E-state index is 0.281. The predicted molar refractivity (Wildman–Crippen MR) is 54.6 cm³/mol. The maximum atomic E-state index is 11.2. The molecule has 1 unspecified atom stereocenters. The molecule has 1 fully saturated rings. The van der Waals surface area contributed by atoms with E-state index in [1.807, 2.05) is 0 Å². The summed E-state index contributed by atoms with van der Waals surface area (Å²) in [5, 5.41) is 3.34. The normalized spacial score (nSPS) is 25.4. The molecule has 2 heteroatoms. The molecule has 0 aromatic rings. The lowest BCUT2D eigenvalue weighted by atomic mass is 9.97. The van der Waals surface area contributed by atoms with Gasteiger partial charge in [0.05, 0.1) is 0 Å². The van der Waals surface area contributed by atoms with Crippen molar-refractivity contribution >= 4 is 5.78 Å². The molecule has 0 saturated carbocycles. The number of allylic oxidation sites excluding steroid dienone is 1. The van der Waals surface area contributed by atoms with Crippen LogP contribution in [-0.4, -0.2) is 18.4 Å². The Balaban J connectivity index is 2.52. The molecule has 74 valence electrons. The number of rotatable bonds is 2. The van der Waals surface area contributed by atoms with Crippen LogP contribution in [0.1, 0.15) is 33.6 Å². The molecule has 1 N–H and O–H groups in total. The van der Waals surface area contributed by atoms with Gasteiger partial charge in [0.2, 0.25) is 0 Å². The lowest BCUT2D eigenvalue weighted by molar-refractivity contribution is -0.120. The number of Topliss-reactive ketones (excluding diaryl/α,β-unsaturated/α-hetero) is 1. The van der Waals surface area contributed by atoms with Crippen LogP contribution >= 0.6 is 0 Å². The zero-order valence-corrected chi connectivity index (χ0v) is 8.76. The zero-order chi connectivity index (χ0) is 9.84. The Bertz CT molecular complexity index is 218. The molecule has 0 aliphatic carbocycles. The minimum Gasteiger partial charge on any atom is -0.310 e. The molecule has 1 aliphatic heterocycles. The second kappa shape index (κ2) is 4.56. The molecular formula is C11H19NO. The first kappa shape index (κ1) is 10.5. The van der Waals surface area contributed by atoms with Crippen LogP contribution in [0.5, 0.6) is 0 Å². The molecule has 13 heavy (non-hydrogen) atoms. The van der Waals surface area contributed by atoms with E-state index in [0.29, 0.717) is 24.5 Å². The lowest BCUT2D eigenvalue weighted by Gasteiger charge is -2.21. The highest BCUT2D eigenvalue weighted by molar-refractivity contribution is 5.80. The molecule has 1 heterocycles. The first-order chi connectivity index (χ1) is 6.09. The molecule has 0 spiro atoms. The predicted octanol–water partition coefficient (Wildman–Crippen LogP) is 1.91. The standard InChI is InChI=1S/C11H19NO/c1-8(2)9(3)6-10-7-11(13)4-5-12-10/h6,8,10,12H,4-5,7H2,1-3H3. The van der Waals surface area contributed by atoms with Crippen molar-refractivity contribution < 1.29 is 4.79 Å². The molecule has 2 nitrogen and oxygen atoms in total. The molecule has 0 bridgehead atoms. The Morgan fingerprint density at radius 3 is 2.85 bits per heavy atom. The van der Waals surface area contributed by atoms with Gasteiger partial charge in [-0.3, -0.25) is 4.79 Å². The Morgan fingerprint density at radius 1 is 1.62 bits per heavy atom. The summed E-state index contributed by atoms with van der Waals surface area (Å²) in [6, 6.07) is 0.281. The molecule has 1 atom stereocenters. The van der Waals surface area contributed by atoms with Crippen molar-refractivity contribution in [1.29, 1.82) is 0 Å². The van der Waals surface area contributed by atoms with E-state index in [2.05, 4.69) is 32.2 Å². The van der Waals surface area contributed by atoms with Crippen LogP contribution in [0, 0.1) is 5.92 Å². The van der Waals surface area contributed by atoms with Crippen LogP contribution in [0.4, 0.5) is 0 Å². The van der Waals surface area contributed by atoms with Gasteiger partial charge >= 0.3 is 0 Å². The maximum absolute atomic E-state index is 11.2. The summed E-state index contributed by atoms with van der Waals surface area (Å²) in [7, 11) is 0. The molecular weight excluding hydrogens is 162 g/mol. The van der Waals surface area contributed by atoms with Crippen molar-refractivity contribution in [2.75, 3.05) is 6.54 Å². The average molecular weight is 181 g/mol. The molecule has 0 radical (unpaired) electrons. The summed E-state index contributed by atoms with van der Waals surface area (Å²) >= 11 is 0. The van der Waals surface area contributed by atoms with Crippen molar-refractivity contribution in [2.24, 2.45) is 5.92 Å². The van der Waals surface area contributed by atoms with Gasteiger partial charge in [0.15, 0.2) is 0 Å². The number of carbonyl (C=O) groups is 1. The Hall–Kier alpha value is -0.630. The fourth-order valence-corrected chi connectivity index (χ4v) is 1.44. The topological polar surface area (TPSA) is 29.1 Å². The smallest absolute Gasteiger partial charge is 0.136 e. The maximum Gasteiger partial charge on any atom is 0.136 e. The van der Waals surface area contributed by atoms with Crippen molar-refractivity contribution in [3.8, 4) is 0 Å². The lowest BCUT2D eigenvalue weighted by Crippen LogP contribution is -2.37. The van der Waals surface area contributed by atoms with E-state index in [-0.39, 0.29) is 6.04 Å². The van der Waals surface area contributed by atoms with E-state index >= 15 is 0 Å². The number of piperidine rings is 1. The number of nitrogens with one attached hydrogen (secondary N) is 1. The van der Waals surface area contributed by atoms with Gasteiger partial charge in [-0.1, -0.05) is 25.5 Å². The van der Waals surface area contributed by atoms with Crippen molar-refractivity contribution in [3.05, 3.63) is 11.6 Å². The van der Waals surface area contributed by atoms with Gasteiger partial charge in [-0.2, -0.15) is 0 Å². The third-order valence-corrected chi connectivity index (χ3v) is 2.63. The molecule has 1 saturated heterocycles. The summed E-state index contributed by atoms with van der Waals surface area (Å²) < 4.78 is 0. The van der Waals surface area contributed by atoms with E-state index in [1.54, 1.807) is 0 Å². The fourth-order valence-electron chi connectivity index (χ4n) is 1.44. The molecule has 0 aromatic heterocycles. The highest BCUT2D eigenvalue weighted by atomic mass is 16.1. The SMILES string of the molecule is CC(=CC1CC(=O)CCN1)C(C)C. The third kappa shape index (κ3) is 3.31. The monoisotopic (exact) mass is 181 g/mol. The Morgan fingerprint density at radius 2 is 2.31 bits per heavy atom. The van der Waals surface area contributed by atoms with Gasteiger partial charge in [0.1, 0.15) is 5.78 Å². The Kier molecular flexibility index (Phi) is 3.67. The van der Waals surface area contributed by atoms with E-state index in [0.717, 1.165) is 6.54 Å². The molecule has 1 rings (SSSR count). The van der Waals surface area contributed by atoms with Gasteiger partial charge < -0.3 is 5.32 Å². The summed E-state index contributed by atoms with van der Waals surface area (Å²) in [5.74, 6) is 0.968. The van der Waals surface area contributed by atoms with Gasteiger partial charge in [-0.25, -0.2) is 0 Å². The van der Waals surface area contributed by atoms with E-state index in [1.165, 1.54) is 5.57 Å². The summed E-state index contributed by atoms with van der Waals surface area (Å²) in [5.41, 5.74) is 1.37. The molecule has 0 amide bonds. The quantitative estimate of drug-likeness (QED) is 0.659. The van der Waals surface area contributed by atoms with Crippen LogP contribution in [0.15, 0.2) is 11.6 Å². The van der Waals surface area contributed by atoms with Crippen molar-refractivity contribution in [2.45, 2.75) is 39.7 Å². The fraction of sp³-hybridized carbons (Fsp3) is 0.727. The summed E-state index contributed by atoms with van der Waals surface area (Å²) in [6.45, 7) is 7.32. The number of hydrogen-bond acceptors (Lipinski definition) is 2. The highest BCUT2D eigenvalue weighted by Crippen LogP contribution is 2.12. The van der Waals surface area contributed by atoms with Crippen molar-refractivity contribution in [1.82, 2.24) is 5.32 Å². The van der Waals surface area contributed by atoms with Crippen LogP contribution in [0.2, 0.25) is 0 Å². The first-order valence-corrected chi connectivity index (χ1v) is 5.03. The summed E-state index contributed by atoms with van der Waals surface area (Å²) in [4.78, 5) is 11.2. The second-order valence-electron chi connectivity index (χ2n) is 4.12. The van der Waals surface area contributed by atoms with Crippen LogP contribution in [0.25, 0.3) is 0 Å². The van der Waals surface area contributed by atoms with Gasteiger partial charge in [0.25, 0.3) is 0 Å². The average Bonchev–Trinajstić information content (AvgIpc) is 2.04. The van der Waals surface area contributed by atoms with Gasteiger partial charge in [-0.05, 0) is 12.8 Å². The van der Waals surface area contributed by atoms with Crippen molar-refractivity contribution in [3.63, 3.8) is 0 Å². The van der Waals surface area contributed by atoms with E-state index < -0.39 is 0 Å². The van der Waals surface area contributed by atoms with E-state index in [9.17, 15) is 4.79 Å². The van der Waals surface area contributed by atoms with Gasteiger partial charge in [-0.15, -0.1) is 0 Å². The van der Waals surface area contributed by atoms with E-state index in [4.69, 9.17) is 0 Å². The van der Waals surface area contributed by atoms with Crippen LogP contribution in [0.3, 0.4) is 0 Å². The summed E-state index contributed by atoms with van der Waals surface area (Å²) in [6.07, 6.45) is 3.57. The van der Waals surface area contributed by atoms with Gasteiger partial charge in [0, 0.05) is 25.4 Å². The van der Waals surface area contributed by atoms with Crippen LogP contribution in [-0.2, 0) is 4.79 Å². The third-order valence-electron chi connectivity index (χ3n) is 2.63. The number of hydrogen-bond donors (Lipinski definition) is 1. The molecule has 1 aliphatic rings. The highest BCUT2D eigenvalue weighted by Gasteiger charge is 2.16. The number of carbonyl (C=O) groups excluding carboxylic acids is 1. The Labute approximate surface area is 80.4 Å². The largest absolute Gasteiger partial charge is 0.310 e. The first-order valence-electron chi connectivity index (χ1n) is 5.03.